The lowest BCUT2D eigenvalue weighted by molar-refractivity contribution is 0.108. The molecule has 146 valence electrons. The van der Waals surface area contributed by atoms with E-state index in [0.717, 1.165) is 5.56 Å². The highest BCUT2D eigenvalue weighted by Gasteiger charge is 2.03. The standard InChI is InChI=1S/C8H9N3O.6F2/c9-11-10-6-8(12)7-4-2-1-3-5-7;6*1-2/h1-5,8,12H,6H2;;;;;;/t8-;;;;;;/m0....../s1. The Morgan fingerprint density at radius 3 is 1.42 bits per heavy atom. The zero-order chi connectivity index (χ0) is 20.8. The van der Waals surface area contributed by atoms with Gasteiger partial charge in [-0.2, -0.15) is 0 Å². The van der Waals surface area contributed by atoms with Crippen molar-refractivity contribution >= 4 is 0 Å². The van der Waals surface area contributed by atoms with Gasteiger partial charge in [0.2, 0.25) is 0 Å². The van der Waals surface area contributed by atoms with E-state index < -0.39 is 6.10 Å². The van der Waals surface area contributed by atoms with E-state index in [2.05, 4.69) is 10.0 Å². The van der Waals surface area contributed by atoms with E-state index in [-0.39, 0.29) is 6.54 Å². The predicted octanol–water partition coefficient (Wildman–Crippen LogP) is 7.07. The van der Waals surface area contributed by atoms with Crippen LogP contribution < -0.4 is 0 Å². The maximum atomic E-state index is 9.39. The molecule has 1 aromatic carbocycles. The van der Waals surface area contributed by atoms with Crippen molar-refractivity contribution in [1.29, 1.82) is 0 Å². The number of hydrogen-bond donors (Lipinski definition) is 1. The fourth-order valence-electron chi connectivity index (χ4n) is 0.894. The monoisotopic (exact) mass is 391 g/mol. The lowest BCUT2D eigenvalue weighted by Gasteiger charge is -2.05. The lowest BCUT2D eigenvalue weighted by Crippen LogP contribution is -1.99. The van der Waals surface area contributed by atoms with Crippen molar-refractivity contribution in [1.82, 2.24) is 0 Å². The van der Waals surface area contributed by atoms with Gasteiger partial charge in [0.1, 0.15) is 0 Å². The molecule has 0 aliphatic carbocycles. The first-order chi connectivity index (χ1) is 11.8. The third kappa shape index (κ3) is 36.7. The van der Waals surface area contributed by atoms with Crippen molar-refractivity contribution < 1.29 is 60.0 Å². The van der Waals surface area contributed by atoms with E-state index in [9.17, 15) is 5.11 Å². The number of hydrogen-bond acceptors (Lipinski definition) is 2. The topological polar surface area (TPSA) is 69.0 Å². The first kappa shape index (κ1) is 37.7. The van der Waals surface area contributed by atoms with Gasteiger partial charge in [0.05, 0.1) is 12.6 Å². The Balaban J connectivity index is -0.0000000573. The molecule has 0 saturated heterocycles. The molecule has 1 atom stereocenters. The number of azide groups is 1. The number of halogens is 12. The fourth-order valence-corrected chi connectivity index (χ4v) is 0.894. The first-order valence-electron chi connectivity index (χ1n) is 4.44. The van der Waals surface area contributed by atoms with Crippen molar-refractivity contribution in [3.05, 3.63) is 46.3 Å². The van der Waals surface area contributed by atoms with Crippen LogP contribution in [0.25, 0.3) is 10.4 Å². The van der Waals surface area contributed by atoms with Gasteiger partial charge in [0, 0.05) is 59.8 Å². The summed E-state index contributed by atoms with van der Waals surface area (Å²) in [5.41, 5.74) is 8.78. The highest BCUT2D eigenvalue weighted by atomic mass is 20.0. The van der Waals surface area contributed by atoms with Crippen LogP contribution in [0.4, 0.5) is 54.9 Å². The van der Waals surface area contributed by atoms with Crippen LogP contribution >= 0.6 is 0 Å². The normalized spacial score (nSPS) is 7.38. The smallest absolute Gasteiger partial charge is 0.0846 e. The minimum Gasteiger partial charge on any atom is -0.388 e. The Labute approximate surface area is 125 Å². The molecule has 0 heterocycles. The summed E-state index contributed by atoms with van der Waals surface area (Å²) in [6.45, 7) is 0.0838. The average Bonchev–Trinajstić information content (AvgIpc) is 2.75. The van der Waals surface area contributed by atoms with Crippen LogP contribution in [0.1, 0.15) is 11.7 Å². The SMILES string of the molecule is FF.FF.FF.FF.FF.FF.[N-]=[N+]=NC[C@H](O)c1ccccc1. The van der Waals surface area contributed by atoms with Crippen molar-refractivity contribution in [3.8, 4) is 0 Å². The average molecular weight is 391 g/mol. The molecule has 0 unspecified atom stereocenters. The quantitative estimate of drug-likeness (QED) is 0.255. The first-order valence-corrected chi connectivity index (χ1v) is 4.44. The van der Waals surface area contributed by atoms with Gasteiger partial charge in [-0.15, -0.1) is 0 Å². The third-order valence-electron chi connectivity index (χ3n) is 1.50. The van der Waals surface area contributed by atoms with E-state index in [1.165, 1.54) is 0 Å². The zero-order valence-electron chi connectivity index (χ0n) is 11.0. The van der Waals surface area contributed by atoms with Gasteiger partial charge >= 0.3 is 0 Å². The summed E-state index contributed by atoms with van der Waals surface area (Å²) in [5.74, 6) is 0. The number of aliphatic hydroxyl groups excluding tert-OH is 1. The lowest BCUT2D eigenvalue weighted by atomic mass is 10.1. The molecule has 0 aromatic heterocycles. The van der Waals surface area contributed by atoms with Gasteiger partial charge < -0.3 is 5.11 Å². The molecular weight excluding hydrogens is 382 g/mol. The summed E-state index contributed by atoms with van der Waals surface area (Å²) in [6.07, 6.45) is -0.693. The Morgan fingerprint density at radius 1 is 0.792 bits per heavy atom. The molecule has 0 saturated carbocycles. The van der Waals surface area contributed by atoms with Crippen LogP contribution in [0.15, 0.2) is 35.4 Å². The summed E-state index contributed by atoms with van der Waals surface area (Å²) >= 11 is 0. The van der Waals surface area contributed by atoms with Crippen molar-refractivity contribution in [2.45, 2.75) is 6.10 Å². The van der Waals surface area contributed by atoms with Crippen LogP contribution in [-0.2, 0) is 0 Å². The van der Waals surface area contributed by atoms with Gasteiger partial charge in [-0.05, 0) is 11.1 Å². The van der Waals surface area contributed by atoms with E-state index in [1.807, 2.05) is 18.2 Å². The van der Waals surface area contributed by atoms with Gasteiger partial charge in [-0.1, -0.05) is 35.4 Å². The van der Waals surface area contributed by atoms with Gasteiger partial charge in [-0.25, -0.2) is 0 Å². The Morgan fingerprint density at radius 2 is 1.12 bits per heavy atom. The molecule has 1 rings (SSSR count). The predicted molar refractivity (Wildman–Crippen MR) is 58.7 cm³/mol. The highest BCUT2D eigenvalue weighted by molar-refractivity contribution is 5.17. The largest absolute Gasteiger partial charge is 0.388 e. The summed E-state index contributed by atoms with van der Waals surface area (Å²) < 4.78 is 96.0. The summed E-state index contributed by atoms with van der Waals surface area (Å²) in [4.78, 5) is 2.57. The number of benzene rings is 1. The molecule has 1 N–H and O–H groups in total. The van der Waals surface area contributed by atoms with E-state index in [1.54, 1.807) is 12.1 Å². The van der Waals surface area contributed by atoms with Crippen LogP contribution in [-0.4, -0.2) is 11.7 Å². The molecule has 0 radical (unpaired) electrons. The maximum absolute atomic E-state index is 9.39. The Kier molecular flexibility index (Phi) is 92.3. The van der Waals surface area contributed by atoms with E-state index in [0.29, 0.717) is 0 Å². The maximum Gasteiger partial charge on any atom is 0.0846 e. The second kappa shape index (κ2) is 58.7. The van der Waals surface area contributed by atoms with Gasteiger partial charge in [0.25, 0.3) is 0 Å². The van der Waals surface area contributed by atoms with Gasteiger partial charge in [-0.3, -0.25) is 0 Å². The molecule has 0 bridgehead atoms. The zero-order valence-corrected chi connectivity index (χ0v) is 11.0. The van der Waals surface area contributed by atoms with Gasteiger partial charge in [0.15, 0.2) is 0 Å². The Bertz CT molecular complexity index is 304. The number of nitrogens with zero attached hydrogens (tertiary/aromatic N) is 3. The third-order valence-corrected chi connectivity index (χ3v) is 1.50. The van der Waals surface area contributed by atoms with Crippen LogP contribution in [0.3, 0.4) is 0 Å². The minimum atomic E-state index is -0.693. The molecule has 1 aromatic rings. The molecular formula is C8H9F12N3O. The number of aliphatic hydroxyl groups is 1. The van der Waals surface area contributed by atoms with Crippen LogP contribution in [0.2, 0.25) is 0 Å². The second-order valence-corrected chi connectivity index (χ2v) is 2.34. The van der Waals surface area contributed by atoms with Crippen LogP contribution in [0.5, 0.6) is 0 Å². The molecule has 24 heavy (non-hydrogen) atoms. The fraction of sp³-hybridized carbons (Fsp3) is 0.250. The summed E-state index contributed by atoms with van der Waals surface area (Å²) in [7, 11) is 0. The minimum absolute atomic E-state index is 0.0838. The van der Waals surface area contributed by atoms with E-state index >= 15 is 0 Å². The molecule has 0 amide bonds. The summed E-state index contributed by atoms with van der Waals surface area (Å²) in [6, 6.07) is 9.10. The molecule has 16 heteroatoms. The second-order valence-electron chi connectivity index (χ2n) is 2.34. The molecule has 4 nitrogen and oxygen atoms in total. The summed E-state index contributed by atoms with van der Waals surface area (Å²) in [5, 5.41) is 12.7. The molecule has 0 fully saturated rings. The van der Waals surface area contributed by atoms with Crippen molar-refractivity contribution in [2.24, 2.45) is 5.11 Å². The van der Waals surface area contributed by atoms with Crippen molar-refractivity contribution in [3.63, 3.8) is 0 Å². The molecule has 0 aliphatic heterocycles. The highest BCUT2D eigenvalue weighted by Crippen LogP contribution is 2.11. The van der Waals surface area contributed by atoms with Crippen LogP contribution in [0, 0.1) is 0 Å². The number of rotatable bonds is 3. The Hall–Kier alpha value is -2.35. The molecule has 0 aliphatic rings. The molecule has 0 spiro atoms. The van der Waals surface area contributed by atoms with E-state index in [4.69, 9.17) is 60.4 Å². The van der Waals surface area contributed by atoms with Crippen molar-refractivity contribution in [2.75, 3.05) is 6.54 Å².